The summed E-state index contributed by atoms with van der Waals surface area (Å²) in [7, 11) is 0. The minimum atomic E-state index is -4.74. The standard InChI is InChI=1S/C18H17F3N2O3/c19-18(20,21)26-14-7-5-13(6-8-14)12-25-17(24)15-4-3-9-22-16(15)23-10-1-2-11-23/h3-9H,1-2,10-12H2. The SMILES string of the molecule is O=C(OCc1ccc(OC(F)(F)F)cc1)c1cccnc1N1CCCC1. The lowest BCUT2D eigenvalue weighted by molar-refractivity contribution is -0.274. The monoisotopic (exact) mass is 366 g/mol. The molecule has 0 atom stereocenters. The van der Waals surface area contributed by atoms with Crippen molar-refractivity contribution < 1.29 is 27.4 Å². The van der Waals surface area contributed by atoms with Crippen LogP contribution >= 0.6 is 0 Å². The van der Waals surface area contributed by atoms with Crippen LogP contribution in [0.15, 0.2) is 42.6 Å². The second-order valence-electron chi connectivity index (χ2n) is 5.84. The summed E-state index contributed by atoms with van der Waals surface area (Å²) in [4.78, 5) is 18.7. The number of alkyl halides is 3. The smallest absolute Gasteiger partial charge is 0.457 e. The highest BCUT2D eigenvalue weighted by Gasteiger charge is 2.31. The van der Waals surface area contributed by atoms with Gasteiger partial charge in [0, 0.05) is 19.3 Å². The Morgan fingerprint density at radius 2 is 1.81 bits per heavy atom. The van der Waals surface area contributed by atoms with E-state index in [1.807, 2.05) is 4.90 Å². The first-order valence-electron chi connectivity index (χ1n) is 8.14. The van der Waals surface area contributed by atoms with Crippen LogP contribution < -0.4 is 9.64 Å². The number of hydrogen-bond donors (Lipinski definition) is 0. The third-order valence-electron chi connectivity index (χ3n) is 3.94. The van der Waals surface area contributed by atoms with Gasteiger partial charge in [-0.1, -0.05) is 12.1 Å². The highest BCUT2D eigenvalue weighted by atomic mass is 19.4. The molecule has 0 amide bonds. The van der Waals surface area contributed by atoms with Crippen LogP contribution in [-0.2, 0) is 11.3 Å². The molecule has 1 saturated heterocycles. The number of nitrogens with zero attached hydrogens (tertiary/aromatic N) is 2. The third kappa shape index (κ3) is 4.65. The lowest BCUT2D eigenvalue weighted by Gasteiger charge is -2.19. The van der Waals surface area contributed by atoms with Gasteiger partial charge in [-0.3, -0.25) is 0 Å². The van der Waals surface area contributed by atoms with Gasteiger partial charge in [-0.25, -0.2) is 9.78 Å². The predicted molar refractivity (Wildman–Crippen MR) is 87.9 cm³/mol. The van der Waals surface area contributed by atoms with Crippen LogP contribution in [0.4, 0.5) is 19.0 Å². The number of rotatable bonds is 5. The number of carbonyl (C=O) groups excluding carboxylic acids is 1. The molecular weight excluding hydrogens is 349 g/mol. The zero-order valence-electron chi connectivity index (χ0n) is 13.8. The van der Waals surface area contributed by atoms with Crippen LogP contribution in [0, 0.1) is 0 Å². The fourth-order valence-corrected chi connectivity index (χ4v) is 2.75. The Labute approximate surface area is 148 Å². The van der Waals surface area contributed by atoms with E-state index >= 15 is 0 Å². The number of benzene rings is 1. The Hall–Kier alpha value is -2.77. The minimum absolute atomic E-state index is 0.0561. The molecule has 0 unspecified atom stereocenters. The van der Waals surface area contributed by atoms with E-state index in [0.29, 0.717) is 16.9 Å². The molecule has 1 aromatic heterocycles. The molecule has 26 heavy (non-hydrogen) atoms. The van der Waals surface area contributed by atoms with Gasteiger partial charge in [0.05, 0.1) is 0 Å². The number of esters is 1. The molecule has 8 heteroatoms. The Morgan fingerprint density at radius 1 is 1.12 bits per heavy atom. The fourth-order valence-electron chi connectivity index (χ4n) is 2.75. The Bertz CT molecular complexity index is 757. The highest BCUT2D eigenvalue weighted by Crippen LogP contribution is 2.24. The normalized spacial score (nSPS) is 14.3. The first-order valence-corrected chi connectivity index (χ1v) is 8.14. The van der Waals surface area contributed by atoms with E-state index in [1.165, 1.54) is 24.3 Å². The van der Waals surface area contributed by atoms with Crippen molar-refractivity contribution in [3.8, 4) is 5.75 Å². The van der Waals surface area contributed by atoms with Gasteiger partial charge in [0.1, 0.15) is 23.7 Å². The van der Waals surface area contributed by atoms with Crippen molar-refractivity contribution in [2.24, 2.45) is 0 Å². The van der Waals surface area contributed by atoms with Crippen LogP contribution in [0.25, 0.3) is 0 Å². The van der Waals surface area contributed by atoms with Crippen molar-refractivity contribution in [2.45, 2.75) is 25.8 Å². The summed E-state index contributed by atoms with van der Waals surface area (Å²) in [6, 6.07) is 8.51. The zero-order valence-corrected chi connectivity index (χ0v) is 13.8. The number of pyridine rings is 1. The lowest BCUT2D eigenvalue weighted by atomic mass is 10.2. The zero-order chi connectivity index (χ0) is 18.6. The Kier molecular flexibility index (Phi) is 5.29. The molecule has 1 aliphatic rings. The maximum atomic E-state index is 12.4. The number of hydrogen-bond acceptors (Lipinski definition) is 5. The van der Waals surface area contributed by atoms with Gasteiger partial charge in [0.2, 0.25) is 0 Å². The number of halogens is 3. The molecule has 0 N–H and O–H groups in total. The fraction of sp³-hybridized carbons (Fsp3) is 0.333. The Morgan fingerprint density at radius 3 is 2.46 bits per heavy atom. The van der Waals surface area contributed by atoms with Crippen molar-refractivity contribution in [1.29, 1.82) is 0 Å². The molecule has 0 aliphatic carbocycles. The van der Waals surface area contributed by atoms with Crippen LogP contribution in [0.2, 0.25) is 0 Å². The summed E-state index contributed by atoms with van der Waals surface area (Å²) in [6.45, 7) is 1.63. The number of anilines is 1. The molecular formula is C18H17F3N2O3. The van der Waals surface area contributed by atoms with Crippen LogP contribution in [0.5, 0.6) is 5.75 Å². The average molecular weight is 366 g/mol. The summed E-state index contributed by atoms with van der Waals surface area (Å²) >= 11 is 0. The molecule has 1 fully saturated rings. The number of ether oxygens (including phenoxy) is 2. The maximum absolute atomic E-state index is 12.4. The first kappa shape index (κ1) is 18.0. The van der Waals surface area contributed by atoms with E-state index in [0.717, 1.165) is 25.9 Å². The summed E-state index contributed by atoms with van der Waals surface area (Å²) < 4.78 is 45.5. The predicted octanol–water partition coefficient (Wildman–Crippen LogP) is 3.94. The number of carbonyl (C=O) groups is 1. The van der Waals surface area contributed by atoms with Crippen molar-refractivity contribution >= 4 is 11.8 Å². The molecule has 1 aliphatic heterocycles. The molecule has 5 nitrogen and oxygen atoms in total. The van der Waals surface area contributed by atoms with E-state index in [4.69, 9.17) is 4.74 Å². The largest absolute Gasteiger partial charge is 0.573 e. The molecule has 0 radical (unpaired) electrons. The van der Waals surface area contributed by atoms with Gasteiger partial charge in [-0.05, 0) is 42.7 Å². The maximum Gasteiger partial charge on any atom is 0.573 e. The van der Waals surface area contributed by atoms with Gasteiger partial charge in [0.25, 0.3) is 0 Å². The first-order chi connectivity index (χ1) is 12.4. The van der Waals surface area contributed by atoms with E-state index in [2.05, 4.69) is 9.72 Å². The molecule has 0 bridgehead atoms. The second-order valence-corrected chi connectivity index (χ2v) is 5.84. The lowest BCUT2D eigenvalue weighted by Crippen LogP contribution is -2.22. The molecule has 3 rings (SSSR count). The van der Waals surface area contributed by atoms with Gasteiger partial charge < -0.3 is 14.4 Å². The average Bonchev–Trinajstić information content (AvgIpc) is 3.14. The van der Waals surface area contributed by atoms with Gasteiger partial charge >= 0.3 is 12.3 Å². The van der Waals surface area contributed by atoms with Crippen LogP contribution in [0.3, 0.4) is 0 Å². The molecule has 0 spiro atoms. The van der Waals surface area contributed by atoms with Gasteiger partial charge in [-0.2, -0.15) is 0 Å². The number of aromatic nitrogens is 1. The van der Waals surface area contributed by atoms with E-state index < -0.39 is 12.3 Å². The van der Waals surface area contributed by atoms with Crippen molar-refractivity contribution in [1.82, 2.24) is 4.98 Å². The summed E-state index contributed by atoms with van der Waals surface area (Å²) in [5.74, 6) is -0.240. The van der Waals surface area contributed by atoms with Gasteiger partial charge in [-0.15, -0.1) is 13.2 Å². The van der Waals surface area contributed by atoms with Crippen LogP contribution in [0.1, 0.15) is 28.8 Å². The second kappa shape index (κ2) is 7.63. The van der Waals surface area contributed by atoms with Gasteiger partial charge in [0.15, 0.2) is 0 Å². The summed E-state index contributed by atoms with van der Waals surface area (Å²) in [5.41, 5.74) is 0.936. The molecule has 1 aromatic carbocycles. The Balaban J connectivity index is 1.62. The van der Waals surface area contributed by atoms with E-state index in [1.54, 1.807) is 18.3 Å². The molecule has 0 saturated carbocycles. The van der Waals surface area contributed by atoms with Crippen LogP contribution in [-0.4, -0.2) is 30.4 Å². The highest BCUT2D eigenvalue weighted by molar-refractivity contribution is 5.94. The quantitative estimate of drug-likeness (QED) is 0.751. The molecule has 2 heterocycles. The molecule has 2 aromatic rings. The van der Waals surface area contributed by atoms with Crippen molar-refractivity contribution in [2.75, 3.05) is 18.0 Å². The van der Waals surface area contributed by atoms with Crippen molar-refractivity contribution in [3.63, 3.8) is 0 Å². The molecule has 138 valence electrons. The third-order valence-corrected chi connectivity index (χ3v) is 3.94. The minimum Gasteiger partial charge on any atom is -0.457 e. The van der Waals surface area contributed by atoms with E-state index in [9.17, 15) is 18.0 Å². The summed E-state index contributed by atoms with van der Waals surface area (Å²) in [6.07, 6.45) is -1.00. The van der Waals surface area contributed by atoms with Crippen molar-refractivity contribution in [3.05, 3.63) is 53.7 Å². The topological polar surface area (TPSA) is 51.7 Å². The van der Waals surface area contributed by atoms with E-state index in [-0.39, 0.29) is 12.4 Å². The summed E-state index contributed by atoms with van der Waals surface area (Å²) in [5, 5.41) is 0.